The average Bonchev–Trinajstić information content (AvgIpc) is 2.39. The Bertz CT molecular complexity index is 590. The third kappa shape index (κ3) is 2.89. The molecule has 0 spiro atoms. The van der Waals surface area contributed by atoms with Crippen LogP contribution < -0.4 is 0 Å². The minimum absolute atomic E-state index is 0.0623. The molecule has 1 heterocycles. The lowest BCUT2D eigenvalue weighted by molar-refractivity contribution is -0.387. The minimum Gasteiger partial charge on any atom is -0.478 e. The minimum atomic E-state index is -1.09. The third-order valence-corrected chi connectivity index (χ3v) is 3.41. The molecule has 7 heteroatoms. The molecule has 0 aliphatic rings. The summed E-state index contributed by atoms with van der Waals surface area (Å²) in [7, 11) is 0. The summed E-state index contributed by atoms with van der Waals surface area (Å²) < 4.78 is 0. The SMILES string of the molecule is O=C(O)c1ccncc1Sc1ccccc1[N+](=O)[O-]. The fraction of sp³-hybridized carbons (Fsp3) is 0. The summed E-state index contributed by atoms with van der Waals surface area (Å²) in [4.78, 5) is 26.0. The number of carbonyl (C=O) groups is 1. The number of nitro groups is 1. The first-order chi connectivity index (χ1) is 9.09. The fourth-order valence-corrected chi connectivity index (χ4v) is 2.46. The van der Waals surface area contributed by atoms with Crippen LogP contribution in [0.2, 0.25) is 0 Å². The number of hydrogen-bond acceptors (Lipinski definition) is 5. The van der Waals surface area contributed by atoms with Crippen molar-refractivity contribution >= 4 is 23.4 Å². The number of nitrogens with zero attached hydrogens (tertiary/aromatic N) is 2. The highest BCUT2D eigenvalue weighted by atomic mass is 32.2. The maximum Gasteiger partial charge on any atom is 0.336 e. The highest BCUT2D eigenvalue weighted by molar-refractivity contribution is 7.99. The van der Waals surface area contributed by atoms with E-state index in [1.54, 1.807) is 18.2 Å². The van der Waals surface area contributed by atoms with Crippen molar-refractivity contribution < 1.29 is 14.8 Å². The van der Waals surface area contributed by atoms with Gasteiger partial charge in [-0.2, -0.15) is 0 Å². The lowest BCUT2D eigenvalue weighted by atomic mass is 10.3. The molecule has 1 aromatic carbocycles. The molecule has 1 aromatic heterocycles. The molecule has 0 aliphatic heterocycles. The Kier molecular flexibility index (Phi) is 3.76. The van der Waals surface area contributed by atoms with Crippen molar-refractivity contribution in [1.29, 1.82) is 0 Å². The van der Waals surface area contributed by atoms with Crippen LogP contribution in [0.25, 0.3) is 0 Å². The number of aromatic carboxylic acids is 1. The zero-order valence-corrected chi connectivity index (χ0v) is 10.3. The van der Waals surface area contributed by atoms with Gasteiger partial charge in [0.05, 0.1) is 15.4 Å². The van der Waals surface area contributed by atoms with Crippen LogP contribution in [-0.4, -0.2) is 21.0 Å². The quantitative estimate of drug-likeness (QED) is 0.681. The van der Waals surface area contributed by atoms with Gasteiger partial charge in [0.25, 0.3) is 5.69 Å². The molecule has 2 aromatic rings. The van der Waals surface area contributed by atoms with Crippen LogP contribution in [0.15, 0.2) is 52.5 Å². The van der Waals surface area contributed by atoms with E-state index in [1.807, 2.05) is 0 Å². The van der Waals surface area contributed by atoms with Crippen LogP contribution >= 0.6 is 11.8 Å². The van der Waals surface area contributed by atoms with Gasteiger partial charge in [0.1, 0.15) is 0 Å². The summed E-state index contributed by atoms with van der Waals surface area (Å²) in [6, 6.07) is 7.52. The molecule has 0 radical (unpaired) electrons. The zero-order valence-electron chi connectivity index (χ0n) is 9.52. The molecular formula is C12H8N2O4S. The Labute approximate surface area is 112 Å². The van der Waals surface area contributed by atoms with Crippen LogP contribution in [0.1, 0.15) is 10.4 Å². The second-order valence-corrected chi connectivity index (χ2v) is 4.59. The average molecular weight is 276 g/mol. The van der Waals surface area contributed by atoms with Gasteiger partial charge in [0.15, 0.2) is 0 Å². The molecule has 6 nitrogen and oxygen atoms in total. The Morgan fingerprint density at radius 3 is 2.68 bits per heavy atom. The van der Waals surface area contributed by atoms with E-state index in [0.29, 0.717) is 9.79 Å². The first-order valence-corrected chi connectivity index (χ1v) is 6.00. The van der Waals surface area contributed by atoms with Gasteiger partial charge < -0.3 is 5.11 Å². The number of nitro benzene ring substituents is 1. The van der Waals surface area contributed by atoms with E-state index < -0.39 is 10.9 Å². The van der Waals surface area contributed by atoms with Crippen LogP contribution in [0, 0.1) is 10.1 Å². The number of carboxylic acid groups (broad SMARTS) is 1. The van der Waals surface area contributed by atoms with Crippen molar-refractivity contribution in [3.05, 3.63) is 58.4 Å². The predicted molar refractivity (Wildman–Crippen MR) is 68.4 cm³/mol. The number of rotatable bonds is 4. The molecule has 0 fully saturated rings. The lowest BCUT2D eigenvalue weighted by Gasteiger charge is -2.05. The van der Waals surface area contributed by atoms with Gasteiger partial charge in [-0.1, -0.05) is 23.9 Å². The maximum absolute atomic E-state index is 11.1. The molecule has 0 saturated heterocycles. The molecule has 19 heavy (non-hydrogen) atoms. The van der Waals surface area contributed by atoms with E-state index in [0.717, 1.165) is 11.8 Å². The monoisotopic (exact) mass is 276 g/mol. The Morgan fingerprint density at radius 2 is 2.00 bits per heavy atom. The van der Waals surface area contributed by atoms with Crippen LogP contribution in [0.4, 0.5) is 5.69 Å². The first-order valence-electron chi connectivity index (χ1n) is 5.18. The normalized spacial score (nSPS) is 10.1. The molecule has 0 saturated carbocycles. The van der Waals surface area contributed by atoms with Gasteiger partial charge in [-0.25, -0.2) is 4.79 Å². The van der Waals surface area contributed by atoms with E-state index in [4.69, 9.17) is 5.11 Å². The van der Waals surface area contributed by atoms with E-state index in [2.05, 4.69) is 4.98 Å². The van der Waals surface area contributed by atoms with E-state index in [1.165, 1.54) is 24.5 Å². The molecule has 2 rings (SSSR count). The molecule has 0 bridgehead atoms. The van der Waals surface area contributed by atoms with Gasteiger partial charge in [0.2, 0.25) is 0 Å². The number of carboxylic acids is 1. The van der Waals surface area contributed by atoms with E-state index >= 15 is 0 Å². The topological polar surface area (TPSA) is 93.3 Å². The molecule has 0 unspecified atom stereocenters. The van der Waals surface area contributed by atoms with Gasteiger partial charge in [-0.15, -0.1) is 0 Å². The largest absolute Gasteiger partial charge is 0.478 e. The van der Waals surface area contributed by atoms with Gasteiger partial charge in [-0.05, 0) is 12.1 Å². The summed E-state index contributed by atoms with van der Waals surface area (Å²) >= 11 is 1.01. The summed E-state index contributed by atoms with van der Waals surface area (Å²) in [6.07, 6.45) is 2.75. The molecule has 0 aliphatic carbocycles. The van der Waals surface area contributed by atoms with Crippen LogP contribution in [0.3, 0.4) is 0 Å². The predicted octanol–water partition coefficient (Wildman–Crippen LogP) is 2.84. The Morgan fingerprint density at radius 1 is 1.26 bits per heavy atom. The molecule has 1 N–H and O–H groups in total. The van der Waals surface area contributed by atoms with Crippen molar-refractivity contribution in [2.45, 2.75) is 9.79 Å². The van der Waals surface area contributed by atoms with Crippen molar-refractivity contribution in [2.24, 2.45) is 0 Å². The van der Waals surface area contributed by atoms with Crippen molar-refractivity contribution in [3.8, 4) is 0 Å². The number of para-hydroxylation sites is 1. The second-order valence-electron chi connectivity index (χ2n) is 3.50. The lowest BCUT2D eigenvalue weighted by Crippen LogP contribution is -1.99. The molecule has 0 amide bonds. The van der Waals surface area contributed by atoms with Gasteiger partial charge in [0, 0.05) is 23.4 Å². The number of benzene rings is 1. The number of pyridine rings is 1. The van der Waals surface area contributed by atoms with Crippen molar-refractivity contribution in [1.82, 2.24) is 4.98 Å². The van der Waals surface area contributed by atoms with Gasteiger partial charge >= 0.3 is 5.97 Å². The first kappa shape index (κ1) is 13.0. The fourth-order valence-electron chi connectivity index (χ4n) is 1.45. The molecular weight excluding hydrogens is 268 g/mol. The van der Waals surface area contributed by atoms with Crippen LogP contribution in [-0.2, 0) is 0 Å². The van der Waals surface area contributed by atoms with E-state index in [9.17, 15) is 14.9 Å². The number of aromatic nitrogens is 1. The van der Waals surface area contributed by atoms with Gasteiger partial charge in [-0.3, -0.25) is 15.1 Å². The third-order valence-electron chi connectivity index (χ3n) is 2.30. The van der Waals surface area contributed by atoms with E-state index in [-0.39, 0.29) is 11.3 Å². The smallest absolute Gasteiger partial charge is 0.336 e. The maximum atomic E-state index is 11.1. The number of hydrogen-bond donors (Lipinski definition) is 1. The highest BCUT2D eigenvalue weighted by Crippen LogP contribution is 2.35. The Hall–Kier alpha value is -2.41. The summed E-state index contributed by atoms with van der Waals surface area (Å²) in [5, 5.41) is 19.9. The van der Waals surface area contributed by atoms with Crippen molar-refractivity contribution in [2.75, 3.05) is 0 Å². The van der Waals surface area contributed by atoms with Crippen LogP contribution in [0.5, 0.6) is 0 Å². The molecule has 96 valence electrons. The zero-order chi connectivity index (χ0) is 13.8. The van der Waals surface area contributed by atoms with Crippen molar-refractivity contribution in [3.63, 3.8) is 0 Å². The highest BCUT2D eigenvalue weighted by Gasteiger charge is 2.17. The second kappa shape index (κ2) is 5.49. The summed E-state index contributed by atoms with van der Waals surface area (Å²) in [6.45, 7) is 0. The summed E-state index contributed by atoms with van der Waals surface area (Å²) in [5.74, 6) is -1.09. The molecule has 0 atom stereocenters. The Balaban J connectivity index is 2.42. The summed E-state index contributed by atoms with van der Waals surface area (Å²) in [5.41, 5.74) is 0.00541. The standard InChI is InChI=1S/C12H8N2O4S/c15-12(16)8-5-6-13-7-11(8)19-10-4-2-1-3-9(10)14(17)18/h1-7H,(H,15,16).